The lowest BCUT2D eigenvalue weighted by molar-refractivity contribution is 0.202. The highest BCUT2D eigenvalue weighted by molar-refractivity contribution is 7.09. The van der Waals surface area contributed by atoms with Crippen LogP contribution in [0.1, 0.15) is 31.6 Å². The molecule has 74 valence electrons. The lowest BCUT2D eigenvalue weighted by atomic mass is 9.84. The van der Waals surface area contributed by atoms with Gasteiger partial charge in [0.1, 0.15) is 0 Å². The fraction of sp³-hybridized carbons (Fsp3) is 0.636. The smallest absolute Gasteiger partial charge is 0.0436 e. The van der Waals surface area contributed by atoms with E-state index in [0.29, 0.717) is 6.61 Å². The lowest BCUT2D eigenvalue weighted by Crippen LogP contribution is -2.14. The summed E-state index contributed by atoms with van der Waals surface area (Å²) in [6, 6.07) is 4.28. The van der Waals surface area contributed by atoms with Crippen LogP contribution in [-0.2, 0) is 6.42 Å². The largest absolute Gasteiger partial charge is 0.396 e. The molecule has 0 aliphatic carbocycles. The molecule has 0 amide bonds. The van der Waals surface area contributed by atoms with Gasteiger partial charge < -0.3 is 5.11 Å². The van der Waals surface area contributed by atoms with Gasteiger partial charge >= 0.3 is 0 Å². The minimum absolute atomic E-state index is 0.277. The molecule has 0 atom stereocenters. The van der Waals surface area contributed by atoms with Crippen LogP contribution in [0.15, 0.2) is 17.5 Å². The molecule has 0 aromatic carbocycles. The first-order chi connectivity index (χ1) is 6.14. The highest BCUT2D eigenvalue weighted by Gasteiger charge is 2.16. The maximum Gasteiger partial charge on any atom is 0.0436 e. The summed E-state index contributed by atoms with van der Waals surface area (Å²) < 4.78 is 0. The Hall–Kier alpha value is -0.340. The number of aryl methyl sites for hydroxylation is 1. The van der Waals surface area contributed by atoms with Crippen LogP contribution in [-0.4, -0.2) is 11.7 Å². The van der Waals surface area contributed by atoms with Crippen LogP contribution in [0.2, 0.25) is 0 Å². The fourth-order valence-electron chi connectivity index (χ4n) is 1.34. The van der Waals surface area contributed by atoms with Crippen molar-refractivity contribution in [2.24, 2.45) is 5.41 Å². The van der Waals surface area contributed by atoms with Crippen molar-refractivity contribution in [1.82, 2.24) is 0 Å². The first-order valence-electron chi connectivity index (χ1n) is 4.77. The SMILES string of the molecule is CC(C)(CCO)CCc1cccs1. The molecule has 1 nitrogen and oxygen atoms in total. The van der Waals surface area contributed by atoms with Crippen molar-refractivity contribution in [2.45, 2.75) is 33.1 Å². The van der Waals surface area contributed by atoms with Crippen LogP contribution in [0.25, 0.3) is 0 Å². The summed E-state index contributed by atoms with van der Waals surface area (Å²) in [7, 11) is 0. The van der Waals surface area contributed by atoms with Gasteiger partial charge in [0, 0.05) is 11.5 Å². The number of aliphatic hydroxyl groups is 1. The Bertz CT molecular complexity index is 226. The molecule has 1 aromatic rings. The average molecular weight is 198 g/mol. The van der Waals surface area contributed by atoms with Crippen molar-refractivity contribution in [3.8, 4) is 0 Å². The molecule has 0 aliphatic heterocycles. The number of thiophene rings is 1. The number of hydrogen-bond acceptors (Lipinski definition) is 2. The Labute approximate surface area is 84.4 Å². The van der Waals surface area contributed by atoms with Gasteiger partial charge in [-0.05, 0) is 36.1 Å². The van der Waals surface area contributed by atoms with Crippen molar-refractivity contribution in [3.05, 3.63) is 22.4 Å². The van der Waals surface area contributed by atoms with E-state index in [9.17, 15) is 0 Å². The Morgan fingerprint density at radius 2 is 2.15 bits per heavy atom. The van der Waals surface area contributed by atoms with E-state index < -0.39 is 0 Å². The quantitative estimate of drug-likeness (QED) is 0.771. The summed E-state index contributed by atoms with van der Waals surface area (Å²) in [5.41, 5.74) is 0.277. The first kappa shape index (κ1) is 10.7. The molecule has 1 rings (SSSR count). The molecule has 0 spiro atoms. The normalized spacial score (nSPS) is 11.9. The summed E-state index contributed by atoms with van der Waals surface area (Å²) in [4.78, 5) is 1.45. The Morgan fingerprint density at radius 1 is 1.38 bits per heavy atom. The molecule has 0 bridgehead atoms. The van der Waals surface area contributed by atoms with E-state index in [2.05, 4.69) is 31.4 Å². The van der Waals surface area contributed by atoms with E-state index in [0.717, 1.165) is 19.3 Å². The predicted octanol–water partition coefficient (Wildman–Crippen LogP) is 3.09. The summed E-state index contributed by atoms with van der Waals surface area (Å²) in [5.74, 6) is 0. The van der Waals surface area contributed by atoms with Crippen molar-refractivity contribution < 1.29 is 5.11 Å². The van der Waals surface area contributed by atoms with E-state index >= 15 is 0 Å². The third kappa shape index (κ3) is 3.92. The Balaban J connectivity index is 2.33. The van der Waals surface area contributed by atoms with Crippen molar-refractivity contribution >= 4 is 11.3 Å². The average Bonchev–Trinajstić information content (AvgIpc) is 2.52. The van der Waals surface area contributed by atoms with E-state index in [1.807, 2.05) is 11.3 Å². The second-order valence-corrected chi connectivity index (χ2v) is 5.25. The molecule has 0 saturated heterocycles. The zero-order valence-electron chi connectivity index (χ0n) is 8.42. The Morgan fingerprint density at radius 3 is 2.69 bits per heavy atom. The van der Waals surface area contributed by atoms with Gasteiger partial charge in [0.25, 0.3) is 0 Å². The van der Waals surface area contributed by atoms with Crippen LogP contribution < -0.4 is 0 Å². The van der Waals surface area contributed by atoms with Crippen LogP contribution in [0.5, 0.6) is 0 Å². The third-order valence-corrected chi connectivity index (χ3v) is 3.35. The van der Waals surface area contributed by atoms with Crippen LogP contribution in [0, 0.1) is 5.41 Å². The monoisotopic (exact) mass is 198 g/mol. The lowest BCUT2D eigenvalue weighted by Gasteiger charge is -2.22. The van der Waals surface area contributed by atoms with E-state index in [-0.39, 0.29) is 5.41 Å². The molecule has 0 fully saturated rings. The third-order valence-electron chi connectivity index (χ3n) is 2.42. The first-order valence-corrected chi connectivity index (χ1v) is 5.65. The van der Waals surface area contributed by atoms with Gasteiger partial charge in [0.15, 0.2) is 0 Å². The summed E-state index contributed by atoms with van der Waals surface area (Å²) in [6.45, 7) is 4.74. The van der Waals surface area contributed by atoms with Gasteiger partial charge in [-0.25, -0.2) is 0 Å². The maximum absolute atomic E-state index is 8.86. The summed E-state index contributed by atoms with van der Waals surface area (Å²) in [5, 5.41) is 11.0. The number of hydrogen-bond donors (Lipinski definition) is 1. The molecule has 2 heteroatoms. The highest BCUT2D eigenvalue weighted by atomic mass is 32.1. The molecular formula is C11H18OS. The van der Waals surface area contributed by atoms with Gasteiger partial charge in [-0.2, -0.15) is 0 Å². The van der Waals surface area contributed by atoms with E-state index in [1.165, 1.54) is 4.88 Å². The molecular weight excluding hydrogens is 180 g/mol. The number of rotatable bonds is 5. The van der Waals surface area contributed by atoms with Gasteiger partial charge in [0.2, 0.25) is 0 Å². The van der Waals surface area contributed by atoms with Crippen molar-refractivity contribution in [2.75, 3.05) is 6.61 Å². The van der Waals surface area contributed by atoms with Crippen LogP contribution in [0.4, 0.5) is 0 Å². The van der Waals surface area contributed by atoms with Crippen molar-refractivity contribution in [3.63, 3.8) is 0 Å². The molecule has 1 heterocycles. The standard InChI is InChI=1S/C11H18OS/c1-11(2,7-8-12)6-5-10-4-3-9-13-10/h3-4,9,12H,5-8H2,1-2H3. The molecule has 0 aliphatic rings. The molecule has 0 radical (unpaired) electrons. The summed E-state index contributed by atoms with van der Waals surface area (Å²) >= 11 is 1.82. The van der Waals surface area contributed by atoms with Gasteiger partial charge in [-0.3, -0.25) is 0 Å². The zero-order valence-corrected chi connectivity index (χ0v) is 9.23. The topological polar surface area (TPSA) is 20.2 Å². The molecule has 1 N–H and O–H groups in total. The molecule has 13 heavy (non-hydrogen) atoms. The van der Waals surface area contributed by atoms with E-state index in [4.69, 9.17) is 5.11 Å². The summed E-state index contributed by atoms with van der Waals surface area (Å²) in [6.07, 6.45) is 3.21. The minimum atomic E-state index is 0.277. The number of aliphatic hydroxyl groups excluding tert-OH is 1. The molecule has 0 unspecified atom stereocenters. The fourth-order valence-corrected chi connectivity index (χ4v) is 2.05. The minimum Gasteiger partial charge on any atom is -0.396 e. The van der Waals surface area contributed by atoms with E-state index in [1.54, 1.807) is 0 Å². The second-order valence-electron chi connectivity index (χ2n) is 4.22. The molecule has 0 saturated carbocycles. The second kappa shape index (κ2) is 4.77. The van der Waals surface area contributed by atoms with Gasteiger partial charge in [-0.1, -0.05) is 19.9 Å². The zero-order chi connectivity index (χ0) is 9.73. The highest BCUT2D eigenvalue weighted by Crippen LogP contribution is 2.27. The molecule has 1 aromatic heterocycles. The predicted molar refractivity (Wildman–Crippen MR) is 58.1 cm³/mol. The van der Waals surface area contributed by atoms with Crippen LogP contribution >= 0.6 is 11.3 Å². The van der Waals surface area contributed by atoms with Gasteiger partial charge in [-0.15, -0.1) is 11.3 Å². The van der Waals surface area contributed by atoms with Crippen LogP contribution in [0.3, 0.4) is 0 Å². The maximum atomic E-state index is 8.86. The Kier molecular flexibility index (Phi) is 3.94. The van der Waals surface area contributed by atoms with Gasteiger partial charge in [0.05, 0.1) is 0 Å². The van der Waals surface area contributed by atoms with Crippen molar-refractivity contribution in [1.29, 1.82) is 0 Å².